The number of ether oxygens (including phenoxy) is 1. The van der Waals surface area contributed by atoms with Crippen molar-refractivity contribution < 1.29 is 9.53 Å². The molecule has 28 heavy (non-hydrogen) atoms. The maximum Gasteiger partial charge on any atom is 0.272 e. The van der Waals surface area contributed by atoms with E-state index in [-0.39, 0.29) is 12.0 Å². The van der Waals surface area contributed by atoms with E-state index in [0.29, 0.717) is 31.2 Å². The Bertz CT molecular complexity index is 952. The number of aryl methyl sites for hydroxylation is 2. The second-order valence-corrected chi connectivity index (χ2v) is 6.69. The number of carbonyl (C=O) groups excluding carboxylic acids is 1. The van der Waals surface area contributed by atoms with E-state index >= 15 is 0 Å². The number of hydrogen-bond acceptors (Lipinski definition) is 6. The Kier molecular flexibility index (Phi) is 5.03. The molecular weight excluding hydrogens is 356 g/mol. The Balaban J connectivity index is 1.48. The number of carbonyl (C=O) groups is 1. The van der Waals surface area contributed by atoms with Crippen molar-refractivity contribution in [2.24, 2.45) is 7.05 Å². The molecule has 1 amide bonds. The second kappa shape index (κ2) is 7.77. The normalized spacial score (nSPS) is 16.8. The Morgan fingerprint density at radius 3 is 2.86 bits per heavy atom. The van der Waals surface area contributed by atoms with Crippen LogP contribution in [-0.4, -0.2) is 50.3 Å². The molecule has 1 aliphatic rings. The Morgan fingerprint density at radius 2 is 2.11 bits per heavy atom. The van der Waals surface area contributed by atoms with Crippen molar-refractivity contribution in [1.82, 2.24) is 24.6 Å². The third-order valence-electron chi connectivity index (χ3n) is 4.71. The average molecular weight is 378 g/mol. The van der Waals surface area contributed by atoms with Gasteiger partial charge < -0.3 is 15.0 Å². The van der Waals surface area contributed by atoms with Gasteiger partial charge in [-0.05, 0) is 31.2 Å². The highest BCUT2D eigenvalue weighted by Gasteiger charge is 2.27. The molecule has 1 fully saturated rings. The van der Waals surface area contributed by atoms with Crippen LogP contribution in [0.3, 0.4) is 0 Å². The summed E-state index contributed by atoms with van der Waals surface area (Å²) >= 11 is 0. The fraction of sp³-hybridized carbons (Fsp3) is 0.300. The Labute approximate surface area is 163 Å². The van der Waals surface area contributed by atoms with Crippen LogP contribution in [0.2, 0.25) is 0 Å². The molecule has 0 aliphatic carbocycles. The van der Waals surface area contributed by atoms with Gasteiger partial charge in [0.15, 0.2) is 5.82 Å². The van der Waals surface area contributed by atoms with Crippen molar-refractivity contribution in [3.05, 3.63) is 65.7 Å². The lowest BCUT2D eigenvalue weighted by atomic mass is 10.1. The van der Waals surface area contributed by atoms with Gasteiger partial charge in [-0.3, -0.25) is 14.5 Å². The van der Waals surface area contributed by atoms with Gasteiger partial charge in [-0.2, -0.15) is 5.10 Å². The van der Waals surface area contributed by atoms with E-state index in [1.54, 1.807) is 27.9 Å². The largest absolute Gasteiger partial charge is 0.368 e. The van der Waals surface area contributed by atoms with Gasteiger partial charge in [-0.15, -0.1) is 0 Å². The van der Waals surface area contributed by atoms with Gasteiger partial charge in [-0.1, -0.05) is 12.1 Å². The molecule has 0 bridgehead atoms. The molecule has 0 spiro atoms. The first-order valence-corrected chi connectivity index (χ1v) is 9.16. The van der Waals surface area contributed by atoms with Gasteiger partial charge >= 0.3 is 0 Å². The minimum atomic E-state index is -0.284. The number of rotatable bonds is 4. The van der Waals surface area contributed by atoms with Crippen LogP contribution in [-0.2, 0) is 11.8 Å². The fourth-order valence-corrected chi connectivity index (χ4v) is 3.12. The van der Waals surface area contributed by atoms with Crippen LogP contribution in [0.25, 0.3) is 0 Å². The summed E-state index contributed by atoms with van der Waals surface area (Å²) in [5.74, 6) is 1.33. The van der Waals surface area contributed by atoms with E-state index in [0.717, 1.165) is 17.2 Å². The summed E-state index contributed by atoms with van der Waals surface area (Å²) in [5.41, 5.74) is 2.27. The van der Waals surface area contributed by atoms with Crippen molar-refractivity contribution in [1.29, 1.82) is 0 Å². The molecule has 4 heterocycles. The number of morpholine rings is 1. The molecule has 3 aromatic heterocycles. The quantitative estimate of drug-likeness (QED) is 0.751. The zero-order valence-electron chi connectivity index (χ0n) is 15.9. The van der Waals surface area contributed by atoms with Crippen molar-refractivity contribution in [3.8, 4) is 0 Å². The van der Waals surface area contributed by atoms with Crippen molar-refractivity contribution in [2.45, 2.75) is 13.0 Å². The Hall–Kier alpha value is -3.26. The predicted octanol–water partition coefficient (Wildman–Crippen LogP) is 2.48. The summed E-state index contributed by atoms with van der Waals surface area (Å²) in [5, 5.41) is 7.61. The predicted molar refractivity (Wildman–Crippen MR) is 104 cm³/mol. The second-order valence-electron chi connectivity index (χ2n) is 6.69. The van der Waals surface area contributed by atoms with Crippen molar-refractivity contribution in [3.63, 3.8) is 0 Å². The molecule has 3 aromatic rings. The van der Waals surface area contributed by atoms with Gasteiger partial charge in [0, 0.05) is 31.5 Å². The lowest BCUT2D eigenvalue weighted by Crippen LogP contribution is -2.42. The molecule has 1 N–H and O–H groups in total. The number of pyridine rings is 2. The molecule has 1 atom stereocenters. The molecule has 1 aliphatic heterocycles. The summed E-state index contributed by atoms with van der Waals surface area (Å²) in [7, 11) is 1.90. The van der Waals surface area contributed by atoms with E-state index in [1.807, 2.05) is 44.3 Å². The smallest absolute Gasteiger partial charge is 0.272 e. The van der Waals surface area contributed by atoms with Crippen LogP contribution >= 0.6 is 0 Å². The molecule has 0 aromatic carbocycles. The Morgan fingerprint density at radius 1 is 1.21 bits per heavy atom. The average Bonchev–Trinajstić information content (AvgIpc) is 3.05. The highest BCUT2D eigenvalue weighted by molar-refractivity contribution is 5.92. The SMILES string of the molecule is Cc1cc(Nc2cccc(C3CN(C(=O)c4ccccn4)CCO3)n2)nn1C. The number of aromatic nitrogens is 4. The summed E-state index contributed by atoms with van der Waals surface area (Å²) in [6, 6.07) is 13.0. The zero-order valence-corrected chi connectivity index (χ0v) is 15.9. The summed E-state index contributed by atoms with van der Waals surface area (Å²) in [6.07, 6.45) is 1.34. The van der Waals surface area contributed by atoms with E-state index < -0.39 is 0 Å². The van der Waals surface area contributed by atoms with Crippen LogP contribution in [0.5, 0.6) is 0 Å². The highest BCUT2D eigenvalue weighted by atomic mass is 16.5. The maximum absolute atomic E-state index is 12.7. The molecule has 4 rings (SSSR count). The number of amides is 1. The minimum absolute atomic E-state index is 0.0906. The van der Waals surface area contributed by atoms with E-state index in [9.17, 15) is 4.79 Å². The summed E-state index contributed by atoms with van der Waals surface area (Å²) < 4.78 is 7.69. The number of nitrogens with one attached hydrogen (secondary N) is 1. The van der Waals surface area contributed by atoms with Gasteiger partial charge in [0.1, 0.15) is 17.6 Å². The third-order valence-corrected chi connectivity index (χ3v) is 4.71. The van der Waals surface area contributed by atoms with Crippen molar-refractivity contribution >= 4 is 17.5 Å². The third kappa shape index (κ3) is 3.86. The first kappa shape index (κ1) is 18.1. The monoisotopic (exact) mass is 378 g/mol. The van der Waals surface area contributed by atoms with E-state index in [2.05, 4.69) is 20.4 Å². The van der Waals surface area contributed by atoms with Gasteiger partial charge in [0.25, 0.3) is 5.91 Å². The van der Waals surface area contributed by atoms with Crippen LogP contribution in [0, 0.1) is 6.92 Å². The lowest BCUT2D eigenvalue weighted by Gasteiger charge is -2.32. The first-order chi connectivity index (χ1) is 13.6. The molecule has 1 saturated heterocycles. The van der Waals surface area contributed by atoms with Crippen LogP contribution in [0.1, 0.15) is 28.0 Å². The molecular formula is C20H22N6O2. The van der Waals surface area contributed by atoms with Crippen LogP contribution < -0.4 is 5.32 Å². The zero-order chi connectivity index (χ0) is 19.5. The van der Waals surface area contributed by atoms with Crippen LogP contribution in [0.4, 0.5) is 11.6 Å². The molecule has 144 valence electrons. The van der Waals surface area contributed by atoms with E-state index in [1.165, 1.54) is 0 Å². The molecule has 0 radical (unpaired) electrons. The van der Waals surface area contributed by atoms with Crippen LogP contribution in [0.15, 0.2) is 48.7 Å². The molecule has 8 heteroatoms. The standard InChI is InChI=1S/C20H22N6O2/c1-14-12-19(24-25(14)2)23-18-8-5-7-15(22-18)17-13-26(10-11-28-17)20(27)16-6-3-4-9-21-16/h3-9,12,17H,10-11,13H2,1-2H3,(H,22,23,24). The molecule has 8 nitrogen and oxygen atoms in total. The topological polar surface area (TPSA) is 85.2 Å². The number of anilines is 2. The van der Waals surface area contributed by atoms with Gasteiger partial charge in [0.05, 0.1) is 18.8 Å². The molecule has 1 unspecified atom stereocenters. The molecule has 0 saturated carbocycles. The number of nitrogens with zero attached hydrogens (tertiary/aromatic N) is 5. The lowest BCUT2D eigenvalue weighted by molar-refractivity contribution is -0.0248. The summed E-state index contributed by atoms with van der Waals surface area (Å²) in [4.78, 5) is 23.3. The van der Waals surface area contributed by atoms with Gasteiger partial charge in [-0.25, -0.2) is 4.98 Å². The highest BCUT2D eigenvalue weighted by Crippen LogP contribution is 2.24. The number of hydrogen-bond donors (Lipinski definition) is 1. The maximum atomic E-state index is 12.7. The minimum Gasteiger partial charge on any atom is -0.368 e. The van der Waals surface area contributed by atoms with Crippen molar-refractivity contribution in [2.75, 3.05) is 25.0 Å². The van der Waals surface area contributed by atoms with Gasteiger partial charge in [0.2, 0.25) is 0 Å². The van der Waals surface area contributed by atoms with E-state index in [4.69, 9.17) is 4.74 Å². The first-order valence-electron chi connectivity index (χ1n) is 9.16. The summed E-state index contributed by atoms with van der Waals surface area (Å²) in [6.45, 7) is 3.43. The fourth-order valence-electron chi connectivity index (χ4n) is 3.12.